The first-order valence-corrected chi connectivity index (χ1v) is 5.21. The highest BCUT2D eigenvalue weighted by Gasteiger charge is 2.12. The van der Waals surface area contributed by atoms with Gasteiger partial charge in [0.25, 0.3) is 0 Å². The van der Waals surface area contributed by atoms with Crippen molar-refractivity contribution in [3.05, 3.63) is 34.3 Å². The average molecular weight is 284 g/mol. The van der Waals surface area contributed by atoms with Crippen LogP contribution in [0.2, 0.25) is 0 Å². The summed E-state index contributed by atoms with van der Waals surface area (Å²) in [5.74, 6) is -0.560. The third-order valence-corrected chi connectivity index (χ3v) is 2.81. The van der Waals surface area contributed by atoms with E-state index in [1.807, 2.05) is 0 Å². The number of halogens is 2. The average Bonchev–Trinajstić information content (AvgIpc) is 2.58. The summed E-state index contributed by atoms with van der Waals surface area (Å²) in [5, 5.41) is 4.08. The lowest BCUT2D eigenvalue weighted by Gasteiger charge is -1.98. The molecule has 2 aromatic heterocycles. The molecule has 0 radical (unpaired) electrons. The SMILES string of the molecule is Cn1nc(-c2ncc(C=O)cc2F)cc1Br. The maximum Gasteiger partial charge on any atom is 0.151 e. The number of aromatic nitrogens is 3. The molecule has 6 heteroatoms. The summed E-state index contributed by atoms with van der Waals surface area (Å²) in [6, 6.07) is 2.80. The Hall–Kier alpha value is -1.56. The topological polar surface area (TPSA) is 47.8 Å². The predicted octanol–water partition coefficient (Wildman–Crippen LogP) is 2.20. The minimum atomic E-state index is -0.560. The van der Waals surface area contributed by atoms with Crippen LogP contribution in [-0.4, -0.2) is 21.1 Å². The second-order valence-electron chi connectivity index (χ2n) is 3.19. The molecule has 0 fully saturated rings. The third-order valence-electron chi connectivity index (χ3n) is 2.06. The molecular formula is C10H7BrFN3O. The Balaban J connectivity index is 2.52. The van der Waals surface area contributed by atoms with Gasteiger partial charge in [0.2, 0.25) is 0 Å². The Labute approximate surface area is 99.2 Å². The lowest BCUT2D eigenvalue weighted by atomic mass is 10.2. The van der Waals surface area contributed by atoms with E-state index in [-0.39, 0.29) is 11.3 Å². The smallest absolute Gasteiger partial charge is 0.151 e. The summed E-state index contributed by atoms with van der Waals surface area (Å²) in [6.07, 6.45) is 1.86. The first-order chi connectivity index (χ1) is 7.61. The largest absolute Gasteiger partial charge is 0.298 e. The minimum absolute atomic E-state index is 0.131. The Bertz CT molecular complexity index is 533. The standard InChI is InChI=1S/C10H7BrFN3O/c1-15-9(11)3-8(14-15)10-7(12)2-6(5-16)4-13-10/h2-5H,1H3. The van der Waals surface area contributed by atoms with Crippen LogP contribution in [0.15, 0.2) is 22.9 Å². The van der Waals surface area contributed by atoms with Crippen molar-refractivity contribution >= 4 is 22.2 Å². The van der Waals surface area contributed by atoms with Crippen LogP contribution < -0.4 is 0 Å². The maximum absolute atomic E-state index is 13.6. The van der Waals surface area contributed by atoms with Gasteiger partial charge >= 0.3 is 0 Å². The van der Waals surface area contributed by atoms with E-state index in [1.54, 1.807) is 17.8 Å². The lowest BCUT2D eigenvalue weighted by Crippen LogP contribution is -1.95. The summed E-state index contributed by atoms with van der Waals surface area (Å²) in [4.78, 5) is 14.3. The molecule has 2 rings (SSSR count). The van der Waals surface area contributed by atoms with Crippen molar-refractivity contribution in [2.45, 2.75) is 0 Å². The zero-order valence-corrected chi connectivity index (χ0v) is 9.90. The maximum atomic E-state index is 13.6. The van der Waals surface area contributed by atoms with E-state index in [0.29, 0.717) is 12.0 Å². The van der Waals surface area contributed by atoms with Crippen LogP contribution in [0, 0.1) is 5.82 Å². The molecule has 0 aliphatic rings. The Morgan fingerprint density at radius 3 is 2.75 bits per heavy atom. The molecule has 0 bridgehead atoms. The van der Waals surface area contributed by atoms with Crippen molar-refractivity contribution in [2.75, 3.05) is 0 Å². The Kier molecular flexibility index (Phi) is 2.82. The van der Waals surface area contributed by atoms with E-state index < -0.39 is 5.82 Å². The number of nitrogens with zero attached hydrogens (tertiary/aromatic N) is 3. The van der Waals surface area contributed by atoms with Crippen molar-refractivity contribution in [1.82, 2.24) is 14.8 Å². The molecule has 0 atom stereocenters. The zero-order chi connectivity index (χ0) is 11.7. The minimum Gasteiger partial charge on any atom is -0.298 e. The molecule has 2 heterocycles. The van der Waals surface area contributed by atoms with Crippen LogP contribution >= 0.6 is 15.9 Å². The van der Waals surface area contributed by atoms with Gasteiger partial charge in [-0.1, -0.05) is 0 Å². The summed E-state index contributed by atoms with van der Waals surface area (Å²) in [7, 11) is 1.73. The molecule has 82 valence electrons. The van der Waals surface area contributed by atoms with Gasteiger partial charge in [-0.15, -0.1) is 0 Å². The molecule has 0 aliphatic carbocycles. The van der Waals surface area contributed by atoms with Gasteiger partial charge in [0.05, 0.1) is 0 Å². The number of rotatable bonds is 2. The number of aldehydes is 1. The molecule has 0 N–H and O–H groups in total. The van der Waals surface area contributed by atoms with Gasteiger partial charge in [-0.05, 0) is 22.0 Å². The van der Waals surface area contributed by atoms with Crippen LogP contribution in [0.4, 0.5) is 4.39 Å². The molecule has 0 saturated heterocycles. The van der Waals surface area contributed by atoms with Crippen molar-refractivity contribution in [3.8, 4) is 11.4 Å². The van der Waals surface area contributed by atoms with Crippen LogP contribution in [0.3, 0.4) is 0 Å². The molecule has 0 saturated carbocycles. The van der Waals surface area contributed by atoms with Gasteiger partial charge < -0.3 is 0 Å². The summed E-state index contributed by atoms with van der Waals surface area (Å²) in [5.41, 5.74) is 0.757. The number of carbonyl (C=O) groups is 1. The summed E-state index contributed by atoms with van der Waals surface area (Å²) < 4.78 is 15.9. The van der Waals surface area contributed by atoms with E-state index >= 15 is 0 Å². The normalized spacial score (nSPS) is 10.4. The predicted molar refractivity (Wildman–Crippen MR) is 59.5 cm³/mol. The van der Waals surface area contributed by atoms with Gasteiger partial charge in [0.15, 0.2) is 12.1 Å². The number of hydrogen-bond acceptors (Lipinski definition) is 3. The first-order valence-electron chi connectivity index (χ1n) is 4.42. The fraction of sp³-hybridized carbons (Fsp3) is 0.100. The first kappa shape index (κ1) is 10.9. The molecule has 0 aromatic carbocycles. The van der Waals surface area contributed by atoms with Gasteiger partial charge in [-0.3, -0.25) is 14.5 Å². The van der Waals surface area contributed by atoms with E-state index in [0.717, 1.165) is 10.7 Å². The fourth-order valence-corrected chi connectivity index (χ4v) is 1.56. The molecule has 0 aliphatic heterocycles. The van der Waals surface area contributed by atoms with E-state index in [4.69, 9.17) is 0 Å². The van der Waals surface area contributed by atoms with Crippen molar-refractivity contribution < 1.29 is 9.18 Å². The van der Waals surface area contributed by atoms with E-state index in [1.165, 1.54) is 6.20 Å². The molecule has 0 spiro atoms. The highest BCUT2D eigenvalue weighted by atomic mass is 79.9. The fourth-order valence-electron chi connectivity index (χ4n) is 1.27. The number of aryl methyl sites for hydroxylation is 1. The monoisotopic (exact) mass is 283 g/mol. The van der Waals surface area contributed by atoms with Gasteiger partial charge in [0, 0.05) is 24.9 Å². The van der Waals surface area contributed by atoms with Gasteiger partial charge in [0.1, 0.15) is 16.0 Å². The lowest BCUT2D eigenvalue weighted by molar-refractivity contribution is 0.112. The van der Waals surface area contributed by atoms with Gasteiger partial charge in [-0.25, -0.2) is 4.39 Å². The highest BCUT2D eigenvalue weighted by Crippen LogP contribution is 2.22. The highest BCUT2D eigenvalue weighted by molar-refractivity contribution is 9.10. The Morgan fingerprint density at radius 1 is 1.50 bits per heavy atom. The number of hydrogen-bond donors (Lipinski definition) is 0. The second kappa shape index (κ2) is 4.13. The quantitative estimate of drug-likeness (QED) is 0.794. The molecule has 16 heavy (non-hydrogen) atoms. The van der Waals surface area contributed by atoms with Crippen molar-refractivity contribution in [1.29, 1.82) is 0 Å². The number of pyridine rings is 1. The van der Waals surface area contributed by atoms with Crippen LogP contribution in [0.5, 0.6) is 0 Å². The molecule has 2 aromatic rings. The van der Waals surface area contributed by atoms with Crippen LogP contribution in [0.25, 0.3) is 11.4 Å². The van der Waals surface area contributed by atoms with E-state index in [2.05, 4.69) is 26.0 Å². The van der Waals surface area contributed by atoms with Crippen molar-refractivity contribution in [3.63, 3.8) is 0 Å². The molecule has 0 unspecified atom stereocenters. The van der Waals surface area contributed by atoms with Gasteiger partial charge in [-0.2, -0.15) is 5.10 Å². The third kappa shape index (κ3) is 1.88. The second-order valence-corrected chi connectivity index (χ2v) is 4.01. The zero-order valence-electron chi connectivity index (χ0n) is 8.32. The molecule has 4 nitrogen and oxygen atoms in total. The van der Waals surface area contributed by atoms with E-state index in [9.17, 15) is 9.18 Å². The summed E-state index contributed by atoms with van der Waals surface area (Å²) >= 11 is 3.26. The summed E-state index contributed by atoms with van der Waals surface area (Å²) in [6.45, 7) is 0. The molecular weight excluding hydrogens is 277 g/mol. The number of carbonyl (C=O) groups excluding carboxylic acids is 1. The molecule has 0 amide bonds. The Morgan fingerprint density at radius 2 is 2.25 bits per heavy atom. The van der Waals surface area contributed by atoms with Crippen molar-refractivity contribution in [2.24, 2.45) is 7.05 Å². The van der Waals surface area contributed by atoms with Crippen LogP contribution in [0.1, 0.15) is 10.4 Å². The van der Waals surface area contributed by atoms with Crippen LogP contribution in [-0.2, 0) is 7.05 Å².